The number of nitrogens with two attached hydrogens (primary N) is 1. The van der Waals surface area contributed by atoms with E-state index in [0.29, 0.717) is 5.41 Å². The molecule has 0 spiro atoms. The topological polar surface area (TPSA) is 26.0 Å². The number of fused-ring (bicyclic) bond motifs is 1. The van der Waals surface area contributed by atoms with Crippen LogP contribution in [0, 0.1) is 0 Å². The van der Waals surface area contributed by atoms with Crippen LogP contribution in [0.1, 0.15) is 76.3 Å². The second kappa shape index (κ2) is 4.09. The summed E-state index contributed by atoms with van der Waals surface area (Å²) >= 11 is 0. The molecule has 1 atom stereocenters. The molecule has 100 valence electrons. The molecule has 0 unspecified atom stereocenters. The smallest absolute Gasteiger partial charge is 0.0269 e. The summed E-state index contributed by atoms with van der Waals surface area (Å²) in [6.45, 7) is 13.7. The molecule has 0 bridgehead atoms. The predicted molar refractivity (Wildman–Crippen MR) is 79.1 cm³/mol. The van der Waals surface area contributed by atoms with Gasteiger partial charge < -0.3 is 5.73 Å². The molecule has 0 aliphatic heterocycles. The van der Waals surface area contributed by atoms with E-state index in [2.05, 4.69) is 53.7 Å². The van der Waals surface area contributed by atoms with E-state index in [1.165, 1.54) is 35.1 Å². The van der Waals surface area contributed by atoms with E-state index in [9.17, 15) is 0 Å². The highest BCUT2D eigenvalue weighted by Gasteiger charge is 2.33. The molecule has 18 heavy (non-hydrogen) atoms. The lowest BCUT2D eigenvalue weighted by atomic mass is 9.79. The molecule has 1 aromatic carbocycles. The van der Waals surface area contributed by atoms with Crippen LogP contribution in [-0.4, -0.2) is 0 Å². The molecule has 1 aliphatic carbocycles. The molecular weight excluding hydrogens is 218 g/mol. The molecule has 0 heterocycles. The minimum atomic E-state index is 0.134. The number of rotatable bonds is 1. The Morgan fingerprint density at radius 3 is 2.33 bits per heavy atom. The van der Waals surface area contributed by atoms with Gasteiger partial charge in [0.15, 0.2) is 0 Å². The summed E-state index contributed by atoms with van der Waals surface area (Å²) in [5.41, 5.74) is 12.5. The molecule has 0 fully saturated rings. The fourth-order valence-corrected chi connectivity index (χ4v) is 2.99. The Bertz CT molecular complexity index is 461. The van der Waals surface area contributed by atoms with Crippen molar-refractivity contribution in [3.63, 3.8) is 0 Å². The average molecular weight is 245 g/mol. The maximum atomic E-state index is 6.19. The highest BCUT2D eigenvalue weighted by molar-refractivity contribution is 5.49. The van der Waals surface area contributed by atoms with Crippen molar-refractivity contribution in [2.24, 2.45) is 5.73 Å². The third-order valence-corrected chi connectivity index (χ3v) is 4.37. The van der Waals surface area contributed by atoms with Crippen molar-refractivity contribution >= 4 is 0 Å². The van der Waals surface area contributed by atoms with Crippen molar-refractivity contribution in [3.05, 3.63) is 34.4 Å². The molecule has 0 saturated heterocycles. The van der Waals surface area contributed by atoms with Crippen LogP contribution in [0.4, 0.5) is 0 Å². The Morgan fingerprint density at radius 2 is 1.83 bits per heavy atom. The Hall–Kier alpha value is -0.820. The van der Waals surface area contributed by atoms with E-state index in [1.807, 2.05) is 0 Å². The predicted octanol–water partition coefficient (Wildman–Crippen LogP) is 4.23. The van der Waals surface area contributed by atoms with E-state index in [4.69, 9.17) is 5.73 Å². The summed E-state index contributed by atoms with van der Waals surface area (Å²) in [7, 11) is 0. The first kappa shape index (κ1) is 13.6. The highest BCUT2D eigenvalue weighted by atomic mass is 14.6. The van der Waals surface area contributed by atoms with E-state index >= 15 is 0 Å². The fraction of sp³-hybridized carbons (Fsp3) is 0.647. The van der Waals surface area contributed by atoms with Crippen LogP contribution >= 0.6 is 0 Å². The second-order valence-electron chi connectivity index (χ2n) is 7.51. The SMILES string of the molecule is C[C@@H](N)c1cc(C(C)(C)C)cc2c1CCC2(C)C. The quantitative estimate of drug-likeness (QED) is 0.787. The highest BCUT2D eigenvalue weighted by Crippen LogP contribution is 2.43. The average Bonchev–Trinajstić information content (AvgIpc) is 2.52. The van der Waals surface area contributed by atoms with E-state index in [1.54, 1.807) is 0 Å². The first-order valence-corrected chi connectivity index (χ1v) is 7.06. The van der Waals surface area contributed by atoms with Crippen LogP contribution in [0.25, 0.3) is 0 Å². The van der Waals surface area contributed by atoms with Gasteiger partial charge in [-0.2, -0.15) is 0 Å². The summed E-state index contributed by atoms with van der Waals surface area (Å²) in [5.74, 6) is 0. The monoisotopic (exact) mass is 245 g/mol. The standard InChI is InChI=1S/C17H27N/c1-11(18)14-9-12(16(2,3)4)10-15-13(14)7-8-17(15,5)6/h9-11H,7-8,18H2,1-6H3/t11-/m1/s1. The van der Waals surface area contributed by atoms with Gasteiger partial charge in [-0.15, -0.1) is 0 Å². The van der Waals surface area contributed by atoms with Gasteiger partial charge in [0.1, 0.15) is 0 Å². The van der Waals surface area contributed by atoms with Gasteiger partial charge in [0.05, 0.1) is 0 Å². The van der Waals surface area contributed by atoms with Crippen LogP contribution < -0.4 is 5.73 Å². The zero-order valence-electron chi connectivity index (χ0n) is 12.7. The third kappa shape index (κ3) is 2.21. The van der Waals surface area contributed by atoms with Gasteiger partial charge in [-0.25, -0.2) is 0 Å². The Labute approximate surface area is 112 Å². The maximum Gasteiger partial charge on any atom is 0.0269 e. The minimum absolute atomic E-state index is 0.134. The van der Waals surface area contributed by atoms with Crippen molar-refractivity contribution in [1.82, 2.24) is 0 Å². The van der Waals surface area contributed by atoms with Crippen molar-refractivity contribution in [1.29, 1.82) is 0 Å². The lowest BCUT2D eigenvalue weighted by Gasteiger charge is -2.26. The molecule has 2 N–H and O–H groups in total. The van der Waals surface area contributed by atoms with Crippen molar-refractivity contribution in [3.8, 4) is 0 Å². The maximum absolute atomic E-state index is 6.19. The first-order valence-electron chi connectivity index (χ1n) is 7.06. The van der Waals surface area contributed by atoms with Crippen molar-refractivity contribution in [2.75, 3.05) is 0 Å². The zero-order chi connectivity index (χ0) is 13.7. The molecule has 1 heteroatoms. The van der Waals surface area contributed by atoms with Crippen LogP contribution in [0.5, 0.6) is 0 Å². The normalized spacial score (nSPS) is 19.7. The van der Waals surface area contributed by atoms with Gasteiger partial charge in [0.2, 0.25) is 0 Å². The zero-order valence-corrected chi connectivity index (χ0v) is 12.7. The molecule has 0 radical (unpaired) electrons. The van der Waals surface area contributed by atoms with E-state index in [0.717, 1.165) is 0 Å². The molecular formula is C17H27N. The second-order valence-corrected chi connectivity index (χ2v) is 7.51. The van der Waals surface area contributed by atoms with Crippen LogP contribution in [0.15, 0.2) is 12.1 Å². The van der Waals surface area contributed by atoms with Crippen molar-refractivity contribution in [2.45, 2.75) is 71.3 Å². The summed E-state index contributed by atoms with van der Waals surface area (Å²) in [5, 5.41) is 0. The number of hydrogen-bond acceptors (Lipinski definition) is 1. The van der Waals surface area contributed by atoms with Gasteiger partial charge in [0.25, 0.3) is 0 Å². The van der Waals surface area contributed by atoms with E-state index < -0.39 is 0 Å². The Morgan fingerprint density at radius 1 is 1.22 bits per heavy atom. The molecule has 2 rings (SSSR count). The fourth-order valence-electron chi connectivity index (χ4n) is 2.99. The minimum Gasteiger partial charge on any atom is -0.324 e. The van der Waals surface area contributed by atoms with Gasteiger partial charge >= 0.3 is 0 Å². The van der Waals surface area contributed by atoms with Crippen molar-refractivity contribution < 1.29 is 0 Å². The molecule has 1 aromatic rings. The molecule has 1 nitrogen and oxygen atoms in total. The summed E-state index contributed by atoms with van der Waals surface area (Å²) in [4.78, 5) is 0. The van der Waals surface area contributed by atoms with Crippen LogP contribution in [-0.2, 0) is 17.3 Å². The van der Waals surface area contributed by atoms with Gasteiger partial charge in [0, 0.05) is 6.04 Å². The largest absolute Gasteiger partial charge is 0.324 e. The Kier molecular flexibility index (Phi) is 3.09. The number of benzene rings is 1. The Balaban J connectivity index is 2.67. The summed E-state index contributed by atoms with van der Waals surface area (Å²) in [6.07, 6.45) is 2.43. The van der Waals surface area contributed by atoms with Gasteiger partial charge in [-0.1, -0.05) is 46.8 Å². The van der Waals surface area contributed by atoms with Gasteiger partial charge in [-0.05, 0) is 52.8 Å². The number of hydrogen-bond donors (Lipinski definition) is 1. The van der Waals surface area contributed by atoms with Crippen LogP contribution in [0.3, 0.4) is 0 Å². The van der Waals surface area contributed by atoms with Crippen LogP contribution in [0.2, 0.25) is 0 Å². The summed E-state index contributed by atoms with van der Waals surface area (Å²) < 4.78 is 0. The lowest BCUT2D eigenvalue weighted by Crippen LogP contribution is -2.18. The molecule has 1 aliphatic rings. The van der Waals surface area contributed by atoms with Gasteiger partial charge in [-0.3, -0.25) is 0 Å². The lowest BCUT2D eigenvalue weighted by molar-refractivity contribution is 0.519. The molecule has 0 aromatic heterocycles. The summed E-state index contributed by atoms with van der Waals surface area (Å²) in [6, 6.07) is 4.90. The molecule has 0 saturated carbocycles. The third-order valence-electron chi connectivity index (χ3n) is 4.37. The first-order chi connectivity index (χ1) is 8.13. The van der Waals surface area contributed by atoms with E-state index in [-0.39, 0.29) is 11.5 Å². The molecule has 0 amide bonds.